The van der Waals surface area contributed by atoms with Gasteiger partial charge in [-0.25, -0.2) is 4.39 Å². The smallest absolute Gasteiger partial charge is 0.131 e. The maximum Gasteiger partial charge on any atom is 0.131 e. The third kappa shape index (κ3) is 5.33. The van der Waals surface area contributed by atoms with E-state index < -0.39 is 0 Å². The predicted octanol–water partition coefficient (Wildman–Crippen LogP) is 7.33. The first-order valence-corrected chi connectivity index (χ1v) is 10.2. The van der Waals surface area contributed by atoms with Gasteiger partial charge in [-0.1, -0.05) is 62.0 Å². The fraction of sp³-hybridized carbons (Fsp3) is 0.385. The molecular formula is C26H29F. The molecule has 0 radical (unpaired) electrons. The van der Waals surface area contributed by atoms with Crippen LogP contribution in [0.5, 0.6) is 0 Å². The van der Waals surface area contributed by atoms with Crippen molar-refractivity contribution in [1.82, 2.24) is 0 Å². The molecule has 0 unspecified atom stereocenters. The van der Waals surface area contributed by atoms with Gasteiger partial charge in [0.25, 0.3) is 0 Å². The van der Waals surface area contributed by atoms with Gasteiger partial charge in [0, 0.05) is 16.7 Å². The molecule has 1 aliphatic carbocycles. The molecule has 0 amide bonds. The largest absolute Gasteiger partial charge is 0.206 e. The second-order valence-corrected chi connectivity index (χ2v) is 7.61. The van der Waals surface area contributed by atoms with E-state index in [1.165, 1.54) is 50.2 Å². The molecule has 2 aromatic carbocycles. The van der Waals surface area contributed by atoms with Crippen LogP contribution in [0.25, 0.3) is 6.08 Å². The van der Waals surface area contributed by atoms with E-state index in [0.29, 0.717) is 17.0 Å². The van der Waals surface area contributed by atoms with Gasteiger partial charge in [-0.15, -0.1) is 0 Å². The highest BCUT2D eigenvalue weighted by Gasteiger charge is 2.21. The SMILES string of the molecule is CC=Cc1ccc(C#Cc2ccc(C3CCC(CCC)CC3)cc2)cc1F. The highest BCUT2D eigenvalue weighted by atomic mass is 19.1. The standard InChI is InChI=1S/C26H29F/c1-3-5-20-9-14-23(15-10-20)24-16-11-21(12-17-24)7-8-22-13-18-25(6-4-2)26(27)19-22/h4,6,11-13,16-20,23H,3,5,9-10,14-15H2,1-2H3. The molecule has 0 nitrogen and oxygen atoms in total. The van der Waals surface area contributed by atoms with Crippen molar-refractivity contribution in [3.05, 3.63) is 76.6 Å². The van der Waals surface area contributed by atoms with Crippen molar-refractivity contribution in [2.24, 2.45) is 5.92 Å². The molecule has 1 saturated carbocycles. The summed E-state index contributed by atoms with van der Waals surface area (Å²) in [4.78, 5) is 0. The van der Waals surface area contributed by atoms with Crippen LogP contribution in [0.15, 0.2) is 48.5 Å². The van der Waals surface area contributed by atoms with Crippen LogP contribution in [0.1, 0.15) is 80.5 Å². The van der Waals surface area contributed by atoms with Gasteiger partial charge < -0.3 is 0 Å². The average molecular weight is 361 g/mol. The molecule has 1 aliphatic rings. The second kappa shape index (κ2) is 9.56. The minimum absolute atomic E-state index is 0.228. The van der Waals surface area contributed by atoms with E-state index in [1.54, 1.807) is 12.1 Å². The first kappa shape index (κ1) is 19.4. The fourth-order valence-electron chi connectivity index (χ4n) is 4.10. The van der Waals surface area contributed by atoms with Gasteiger partial charge in [-0.2, -0.15) is 0 Å². The lowest BCUT2D eigenvalue weighted by atomic mass is 9.77. The summed E-state index contributed by atoms with van der Waals surface area (Å²) in [5.41, 5.74) is 3.73. The topological polar surface area (TPSA) is 0 Å². The Labute approximate surface area is 163 Å². The fourth-order valence-corrected chi connectivity index (χ4v) is 4.10. The molecule has 0 bridgehead atoms. The minimum atomic E-state index is -0.228. The minimum Gasteiger partial charge on any atom is -0.206 e. The lowest BCUT2D eigenvalue weighted by molar-refractivity contribution is 0.308. The molecule has 0 aromatic heterocycles. The highest BCUT2D eigenvalue weighted by molar-refractivity contribution is 5.53. The normalized spacial score (nSPS) is 19.7. The van der Waals surface area contributed by atoms with Gasteiger partial charge in [0.1, 0.15) is 5.82 Å². The Hall–Kier alpha value is -2.33. The van der Waals surface area contributed by atoms with Crippen LogP contribution in [-0.4, -0.2) is 0 Å². The summed E-state index contributed by atoms with van der Waals surface area (Å²) in [6.07, 6.45) is 11.7. The number of halogens is 1. The van der Waals surface area contributed by atoms with Crippen molar-refractivity contribution >= 4 is 6.08 Å². The summed E-state index contributed by atoms with van der Waals surface area (Å²) in [5.74, 6) is 7.65. The van der Waals surface area contributed by atoms with Crippen molar-refractivity contribution < 1.29 is 4.39 Å². The Kier molecular flexibility index (Phi) is 6.88. The lowest BCUT2D eigenvalue weighted by Crippen LogP contribution is -2.13. The van der Waals surface area contributed by atoms with Gasteiger partial charge in [0.05, 0.1) is 0 Å². The average Bonchev–Trinajstić information content (AvgIpc) is 2.70. The van der Waals surface area contributed by atoms with E-state index in [1.807, 2.05) is 19.1 Å². The molecule has 0 atom stereocenters. The molecule has 0 N–H and O–H groups in total. The van der Waals surface area contributed by atoms with Gasteiger partial charge in [0.2, 0.25) is 0 Å². The zero-order valence-corrected chi connectivity index (χ0v) is 16.5. The molecule has 27 heavy (non-hydrogen) atoms. The summed E-state index contributed by atoms with van der Waals surface area (Å²) >= 11 is 0. The molecule has 2 aromatic rings. The predicted molar refractivity (Wildman–Crippen MR) is 113 cm³/mol. The van der Waals surface area contributed by atoms with Crippen molar-refractivity contribution in [3.8, 4) is 11.8 Å². The van der Waals surface area contributed by atoms with E-state index in [9.17, 15) is 4.39 Å². The van der Waals surface area contributed by atoms with Gasteiger partial charge >= 0.3 is 0 Å². The number of rotatable bonds is 4. The number of allylic oxidation sites excluding steroid dienone is 1. The molecule has 1 heteroatoms. The number of hydrogen-bond donors (Lipinski definition) is 0. The van der Waals surface area contributed by atoms with E-state index in [2.05, 4.69) is 43.0 Å². The van der Waals surface area contributed by atoms with Crippen molar-refractivity contribution in [2.75, 3.05) is 0 Å². The Morgan fingerprint density at radius 1 is 0.963 bits per heavy atom. The van der Waals surface area contributed by atoms with Crippen molar-refractivity contribution in [3.63, 3.8) is 0 Å². The summed E-state index contributed by atoms with van der Waals surface area (Å²) < 4.78 is 14.0. The van der Waals surface area contributed by atoms with Crippen molar-refractivity contribution in [1.29, 1.82) is 0 Å². The maximum absolute atomic E-state index is 14.0. The third-order valence-corrected chi connectivity index (χ3v) is 5.62. The molecule has 1 fully saturated rings. The summed E-state index contributed by atoms with van der Waals surface area (Å²) in [6, 6.07) is 13.8. The Morgan fingerprint density at radius 3 is 2.26 bits per heavy atom. The van der Waals surface area contributed by atoms with Crippen LogP contribution in [0.3, 0.4) is 0 Å². The first-order chi connectivity index (χ1) is 13.2. The van der Waals surface area contributed by atoms with E-state index >= 15 is 0 Å². The first-order valence-electron chi connectivity index (χ1n) is 10.2. The summed E-state index contributed by atoms with van der Waals surface area (Å²) in [7, 11) is 0. The van der Waals surface area contributed by atoms with Crippen LogP contribution in [0.2, 0.25) is 0 Å². The molecule has 0 saturated heterocycles. The Bertz CT molecular complexity index is 825. The lowest BCUT2D eigenvalue weighted by Gasteiger charge is -2.28. The van der Waals surface area contributed by atoms with Gasteiger partial charge in [-0.3, -0.25) is 0 Å². The van der Waals surface area contributed by atoms with Crippen molar-refractivity contribution in [2.45, 2.75) is 58.3 Å². The van der Waals surface area contributed by atoms with Crippen LogP contribution in [-0.2, 0) is 0 Å². The summed E-state index contributed by atoms with van der Waals surface area (Å²) in [6.45, 7) is 4.17. The molecule has 140 valence electrons. The molecule has 3 rings (SSSR count). The monoisotopic (exact) mass is 360 g/mol. The quantitative estimate of drug-likeness (QED) is 0.501. The van der Waals surface area contributed by atoms with Crippen LogP contribution in [0.4, 0.5) is 4.39 Å². The number of hydrogen-bond acceptors (Lipinski definition) is 0. The Balaban J connectivity index is 1.63. The third-order valence-electron chi connectivity index (χ3n) is 5.62. The zero-order chi connectivity index (χ0) is 19.1. The van der Waals surface area contributed by atoms with Gasteiger partial charge in [-0.05, 0) is 74.3 Å². The van der Waals surface area contributed by atoms with Crippen LogP contribution >= 0.6 is 0 Å². The molecule has 0 spiro atoms. The summed E-state index contributed by atoms with van der Waals surface area (Å²) in [5, 5.41) is 0. The molecule has 0 aliphatic heterocycles. The van der Waals surface area contributed by atoms with E-state index in [0.717, 1.165) is 11.5 Å². The van der Waals surface area contributed by atoms with Crippen LogP contribution < -0.4 is 0 Å². The van der Waals surface area contributed by atoms with Crippen LogP contribution in [0, 0.1) is 23.6 Å². The van der Waals surface area contributed by atoms with Gasteiger partial charge in [0.15, 0.2) is 0 Å². The molecule has 0 heterocycles. The maximum atomic E-state index is 14.0. The number of benzene rings is 2. The molecular weight excluding hydrogens is 331 g/mol. The highest BCUT2D eigenvalue weighted by Crippen LogP contribution is 2.37. The zero-order valence-electron chi connectivity index (χ0n) is 16.5. The Morgan fingerprint density at radius 2 is 1.63 bits per heavy atom. The second-order valence-electron chi connectivity index (χ2n) is 7.61. The van der Waals surface area contributed by atoms with E-state index in [4.69, 9.17) is 0 Å². The van der Waals surface area contributed by atoms with E-state index in [-0.39, 0.29) is 5.82 Å².